The van der Waals surface area contributed by atoms with E-state index in [9.17, 15) is 0 Å². The highest BCUT2D eigenvalue weighted by molar-refractivity contribution is 4.76. The first kappa shape index (κ1) is 12.0. The second-order valence-electron chi connectivity index (χ2n) is 4.95. The molecule has 14 heavy (non-hydrogen) atoms. The van der Waals surface area contributed by atoms with E-state index in [2.05, 4.69) is 31.0 Å². The molecule has 0 spiro atoms. The predicted octanol–water partition coefficient (Wildman–Crippen LogP) is 1.96. The third-order valence-corrected chi connectivity index (χ3v) is 2.97. The van der Waals surface area contributed by atoms with Crippen LogP contribution >= 0.6 is 0 Å². The molecule has 0 aromatic rings. The van der Waals surface area contributed by atoms with Gasteiger partial charge >= 0.3 is 0 Å². The standard InChI is InChI=1S/C12H26N2/c1-4-13-7-5-12-6-8-14(10-12)9-11(2)3/h11-13H,4-10H2,1-3H3. The largest absolute Gasteiger partial charge is 0.317 e. The molecule has 1 N–H and O–H groups in total. The van der Waals surface area contributed by atoms with Crippen molar-refractivity contribution in [2.75, 3.05) is 32.7 Å². The van der Waals surface area contributed by atoms with Gasteiger partial charge in [0.05, 0.1) is 0 Å². The van der Waals surface area contributed by atoms with Crippen molar-refractivity contribution in [2.24, 2.45) is 11.8 Å². The van der Waals surface area contributed by atoms with Crippen LogP contribution in [0.1, 0.15) is 33.6 Å². The third-order valence-electron chi connectivity index (χ3n) is 2.97. The lowest BCUT2D eigenvalue weighted by Crippen LogP contribution is -2.26. The first-order valence-electron chi connectivity index (χ1n) is 6.15. The Bertz CT molecular complexity index is 145. The maximum atomic E-state index is 3.41. The van der Waals surface area contributed by atoms with Crippen molar-refractivity contribution in [3.05, 3.63) is 0 Å². The van der Waals surface area contributed by atoms with Crippen LogP contribution in [0.15, 0.2) is 0 Å². The highest BCUT2D eigenvalue weighted by Crippen LogP contribution is 2.19. The van der Waals surface area contributed by atoms with Crippen molar-refractivity contribution in [1.29, 1.82) is 0 Å². The lowest BCUT2D eigenvalue weighted by Gasteiger charge is -2.18. The number of nitrogens with zero attached hydrogens (tertiary/aromatic N) is 1. The summed E-state index contributed by atoms with van der Waals surface area (Å²) in [6.07, 6.45) is 2.78. The summed E-state index contributed by atoms with van der Waals surface area (Å²) >= 11 is 0. The van der Waals surface area contributed by atoms with E-state index in [4.69, 9.17) is 0 Å². The summed E-state index contributed by atoms with van der Waals surface area (Å²) < 4.78 is 0. The molecule has 0 aromatic heterocycles. The molecule has 0 amide bonds. The molecule has 1 saturated heterocycles. The van der Waals surface area contributed by atoms with Crippen LogP contribution in [-0.2, 0) is 0 Å². The van der Waals surface area contributed by atoms with Crippen LogP contribution in [0.2, 0.25) is 0 Å². The molecule has 84 valence electrons. The van der Waals surface area contributed by atoms with Crippen LogP contribution in [-0.4, -0.2) is 37.6 Å². The molecule has 1 rings (SSSR count). The summed E-state index contributed by atoms with van der Waals surface area (Å²) in [5.41, 5.74) is 0. The Morgan fingerprint density at radius 1 is 1.43 bits per heavy atom. The Hall–Kier alpha value is -0.0800. The quantitative estimate of drug-likeness (QED) is 0.656. The zero-order valence-corrected chi connectivity index (χ0v) is 10.1. The van der Waals surface area contributed by atoms with Crippen LogP contribution < -0.4 is 5.32 Å². The normalized spacial score (nSPS) is 23.6. The Balaban J connectivity index is 2.08. The number of hydrogen-bond acceptors (Lipinski definition) is 2. The van der Waals surface area contributed by atoms with E-state index in [0.29, 0.717) is 0 Å². The van der Waals surface area contributed by atoms with E-state index in [1.165, 1.54) is 39.0 Å². The number of hydrogen-bond donors (Lipinski definition) is 1. The first-order chi connectivity index (χ1) is 6.72. The summed E-state index contributed by atoms with van der Waals surface area (Å²) in [5.74, 6) is 1.77. The molecule has 0 saturated carbocycles. The molecule has 2 nitrogen and oxygen atoms in total. The van der Waals surface area contributed by atoms with E-state index < -0.39 is 0 Å². The van der Waals surface area contributed by atoms with Crippen LogP contribution in [0.4, 0.5) is 0 Å². The van der Waals surface area contributed by atoms with Gasteiger partial charge in [-0.25, -0.2) is 0 Å². The summed E-state index contributed by atoms with van der Waals surface area (Å²) in [7, 11) is 0. The van der Waals surface area contributed by atoms with Gasteiger partial charge in [0.2, 0.25) is 0 Å². The van der Waals surface area contributed by atoms with Crippen molar-refractivity contribution in [1.82, 2.24) is 10.2 Å². The van der Waals surface area contributed by atoms with Gasteiger partial charge in [-0.05, 0) is 44.3 Å². The first-order valence-corrected chi connectivity index (χ1v) is 6.15. The van der Waals surface area contributed by atoms with Gasteiger partial charge in [-0.1, -0.05) is 20.8 Å². The van der Waals surface area contributed by atoms with Crippen molar-refractivity contribution in [3.63, 3.8) is 0 Å². The van der Waals surface area contributed by atoms with Gasteiger partial charge in [-0.2, -0.15) is 0 Å². The van der Waals surface area contributed by atoms with Crippen LogP contribution in [0, 0.1) is 11.8 Å². The molecule has 1 heterocycles. The van der Waals surface area contributed by atoms with E-state index >= 15 is 0 Å². The number of likely N-dealkylation sites (tertiary alicyclic amines) is 1. The molecule has 0 radical (unpaired) electrons. The minimum atomic E-state index is 0.822. The fourth-order valence-corrected chi connectivity index (χ4v) is 2.31. The van der Waals surface area contributed by atoms with Crippen LogP contribution in [0.5, 0.6) is 0 Å². The molecule has 1 aliphatic heterocycles. The minimum absolute atomic E-state index is 0.822. The molecule has 0 bridgehead atoms. The zero-order valence-electron chi connectivity index (χ0n) is 10.1. The highest BCUT2D eigenvalue weighted by Gasteiger charge is 2.21. The van der Waals surface area contributed by atoms with Gasteiger partial charge < -0.3 is 10.2 Å². The second kappa shape index (κ2) is 6.41. The fraction of sp³-hybridized carbons (Fsp3) is 1.00. The smallest absolute Gasteiger partial charge is 0.00107 e. The third kappa shape index (κ3) is 4.43. The van der Waals surface area contributed by atoms with Gasteiger partial charge in [0, 0.05) is 13.1 Å². The summed E-state index contributed by atoms with van der Waals surface area (Å²) in [6.45, 7) is 13.1. The van der Waals surface area contributed by atoms with Crippen molar-refractivity contribution in [3.8, 4) is 0 Å². The summed E-state index contributed by atoms with van der Waals surface area (Å²) in [4.78, 5) is 2.63. The molecule has 1 aliphatic rings. The molecular weight excluding hydrogens is 172 g/mol. The Labute approximate surface area is 89.1 Å². The molecule has 1 fully saturated rings. The monoisotopic (exact) mass is 198 g/mol. The topological polar surface area (TPSA) is 15.3 Å². The van der Waals surface area contributed by atoms with Crippen molar-refractivity contribution >= 4 is 0 Å². The van der Waals surface area contributed by atoms with E-state index in [0.717, 1.165) is 18.4 Å². The molecule has 1 unspecified atom stereocenters. The molecule has 0 aromatic carbocycles. The Morgan fingerprint density at radius 2 is 2.21 bits per heavy atom. The Morgan fingerprint density at radius 3 is 2.86 bits per heavy atom. The van der Waals surface area contributed by atoms with Crippen molar-refractivity contribution in [2.45, 2.75) is 33.6 Å². The fourth-order valence-electron chi connectivity index (χ4n) is 2.31. The predicted molar refractivity (Wildman–Crippen MR) is 62.5 cm³/mol. The van der Waals surface area contributed by atoms with Crippen LogP contribution in [0.25, 0.3) is 0 Å². The molecular formula is C12H26N2. The molecule has 1 atom stereocenters. The van der Waals surface area contributed by atoms with Crippen molar-refractivity contribution < 1.29 is 0 Å². The number of rotatable bonds is 6. The lowest BCUT2D eigenvalue weighted by atomic mass is 10.1. The lowest BCUT2D eigenvalue weighted by molar-refractivity contribution is 0.284. The van der Waals surface area contributed by atoms with E-state index in [1.54, 1.807) is 0 Å². The van der Waals surface area contributed by atoms with Gasteiger partial charge in [-0.15, -0.1) is 0 Å². The zero-order chi connectivity index (χ0) is 10.4. The Kier molecular flexibility index (Phi) is 5.49. The average molecular weight is 198 g/mol. The van der Waals surface area contributed by atoms with Crippen LogP contribution in [0.3, 0.4) is 0 Å². The van der Waals surface area contributed by atoms with Gasteiger partial charge in [0.15, 0.2) is 0 Å². The van der Waals surface area contributed by atoms with Gasteiger partial charge in [-0.3, -0.25) is 0 Å². The maximum absolute atomic E-state index is 3.41. The van der Waals surface area contributed by atoms with Gasteiger partial charge in [0.25, 0.3) is 0 Å². The average Bonchev–Trinajstić information content (AvgIpc) is 2.52. The SMILES string of the molecule is CCNCCC1CCN(CC(C)C)C1. The maximum Gasteiger partial charge on any atom is 0.00107 e. The highest BCUT2D eigenvalue weighted by atomic mass is 15.1. The van der Waals surface area contributed by atoms with Gasteiger partial charge in [0.1, 0.15) is 0 Å². The minimum Gasteiger partial charge on any atom is -0.317 e. The summed E-state index contributed by atoms with van der Waals surface area (Å²) in [6, 6.07) is 0. The number of nitrogens with one attached hydrogen (secondary N) is 1. The molecule has 0 aliphatic carbocycles. The molecule has 2 heteroatoms. The summed E-state index contributed by atoms with van der Waals surface area (Å²) in [5, 5.41) is 3.41. The van der Waals surface area contributed by atoms with E-state index in [-0.39, 0.29) is 0 Å². The van der Waals surface area contributed by atoms with E-state index in [1.807, 2.05) is 0 Å². The second-order valence-corrected chi connectivity index (χ2v) is 4.95.